The lowest BCUT2D eigenvalue weighted by molar-refractivity contribution is -0.136. The maximum Gasteiger partial charge on any atom is 0.402 e. The first-order valence-electron chi connectivity index (χ1n) is 5.42. The van der Waals surface area contributed by atoms with Crippen LogP contribution in [0.3, 0.4) is 0 Å². The summed E-state index contributed by atoms with van der Waals surface area (Å²) in [5.74, 6) is -2.92. The second-order valence-electron chi connectivity index (χ2n) is 3.95. The highest BCUT2D eigenvalue weighted by molar-refractivity contribution is 7.89. The van der Waals surface area contributed by atoms with Gasteiger partial charge in [-0.25, -0.2) is 17.2 Å². The number of nitrogens with zero attached hydrogens (tertiary/aromatic N) is 1. The summed E-state index contributed by atoms with van der Waals surface area (Å²) in [5, 5.41) is 8.66. The summed E-state index contributed by atoms with van der Waals surface area (Å²) in [6.45, 7) is -3.74. The molecule has 0 saturated carbocycles. The first-order valence-corrected chi connectivity index (χ1v) is 6.86. The van der Waals surface area contributed by atoms with Crippen molar-refractivity contribution >= 4 is 15.7 Å². The molecule has 0 heterocycles. The van der Waals surface area contributed by atoms with Crippen molar-refractivity contribution in [2.24, 2.45) is 0 Å². The van der Waals surface area contributed by atoms with Crippen LogP contribution in [0.1, 0.15) is 0 Å². The maximum absolute atomic E-state index is 13.7. The third-order valence-electron chi connectivity index (χ3n) is 2.41. The van der Waals surface area contributed by atoms with E-state index < -0.39 is 58.1 Å². The average molecular weight is 334 g/mol. The van der Waals surface area contributed by atoms with Crippen LogP contribution in [0, 0.1) is 11.6 Å². The van der Waals surface area contributed by atoms with Crippen LogP contribution < -0.4 is 5.73 Å². The number of anilines is 1. The minimum absolute atomic E-state index is 0.164. The molecule has 0 fully saturated rings. The predicted molar refractivity (Wildman–Crippen MR) is 62.7 cm³/mol. The van der Waals surface area contributed by atoms with Crippen LogP contribution in [0.4, 0.5) is 27.6 Å². The number of hydrogen-bond acceptors (Lipinski definition) is 4. The number of rotatable bonds is 5. The Hall–Kier alpha value is -1.46. The van der Waals surface area contributed by atoms with Crippen molar-refractivity contribution in [1.29, 1.82) is 0 Å². The van der Waals surface area contributed by atoms with Gasteiger partial charge in [0.25, 0.3) is 0 Å². The number of hydrogen-bond donors (Lipinski definition) is 2. The highest BCUT2D eigenvalue weighted by Gasteiger charge is 2.38. The van der Waals surface area contributed by atoms with Crippen molar-refractivity contribution in [1.82, 2.24) is 4.31 Å². The fraction of sp³-hybridized carbons (Fsp3) is 0.400. The summed E-state index contributed by atoms with van der Waals surface area (Å²) in [7, 11) is -4.93. The molecule has 0 aliphatic heterocycles. The molecule has 5 nitrogen and oxygen atoms in total. The summed E-state index contributed by atoms with van der Waals surface area (Å²) in [5.41, 5.74) is 3.86. The molecule has 1 aromatic carbocycles. The second-order valence-corrected chi connectivity index (χ2v) is 5.86. The van der Waals surface area contributed by atoms with Crippen molar-refractivity contribution in [3.05, 3.63) is 23.8 Å². The summed E-state index contributed by atoms with van der Waals surface area (Å²) in [6, 6.07) is 0.993. The van der Waals surface area contributed by atoms with Crippen molar-refractivity contribution < 1.29 is 35.5 Å². The van der Waals surface area contributed by atoms with Gasteiger partial charge in [0.2, 0.25) is 10.0 Å². The molecule has 1 rings (SSSR count). The minimum atomic E-state index is -4.93. The summed E-state index contributed by atoms with van der Waals surface area (Å²) < 4.78 is 87.5. The Balaban J connectivity index is 3.33. The van der Waals surface area contributed by atoms with Gasteiger partial charge in [-0.05, 0) is 12.1 Å². The number of benzene rings is 1. The first-order chi connectivity index (χ1) is 9.50. The Morgan fingerprint density at radius 1 is 1.24 bits per heavy atom. The molecular weight excluding hydrogens is 323 g/mol. The molecule has 21 heavy (non-hydrogen) atoms. The Bertz CT molecular complexity index is 618. The van der Waals surface area contributed by atoms with E-state index in [1.54, 1.807) is 0 Å². The molecule has 0 bridgehead atoms. The van der Waals surface area contributed by atoms with Crippen molar-refractivity contribution in [3.8, 4) is 0 Å². The predicted octanol–water partition coefficient (Wildman–Crippen LogP) is 1.09. The highest BCUT2D eigenvalue weighted by atomic mass is 32.2. The van der Waals surface area contributed by atoms with Gasteiger partial charge in [-0.15, -0.1) is 0 Å². The zero-order valence-corrected chi connectivity index (χ0v) is 11.2. The molecule has 120 valence electrons. The van der Waals surface area contributed by atoms with E-state index in [4.69, 9.17) is 10.8 Å². The normalized spacial score (nSPS) is 12.9. The largest absolute Gasteiger partial charge is 0.402 e. The van der Waals surface area contributed by atoms with Crippen LogP contribution in [0.5, 0.6) is 0 Å². The summed E-state index contributed by atoms with van der Waals surface area (Å²) in [4.78, 5) is -1.20. The SMILES string of the molecule is Nc1c(F)ccc(S(=O)(=O)N(CCO)CC(F)(F)F)c1F. The molecule has 0 aromatic heterocycles. The second kappa shape index (κ2) is 6.12. The number of halogens is 5. The smallest absolute Gasteiger partial charge is 0.395 e. The average Bonchev–Trinajstić information content (AvgIpc) is 2.33. The fourth-order valence-corrected chi connectivity index (χ4v) is 2.98. The lowest BCUT2D eigenvalue weighted by Crippen LogP contribution is -2.41. The number of nitrogen functional groups attached to an aromatic ring is 1. The molecule has 0 saturated heterocycles. The van der Waals surface area contributed by atoms with Gasteiger partial charge >= 0.3 is 6.18 Å². The van der Waals surface area contributed by atoms with Gasteiger partial charge in [-0.1, -0.05) is 0 Å². The quantitative estimate of drug-likeness (QED) is 0.624. The lowest BCUT2D eigenvalue weighted by Gasteiger charge is -2.23. The van der Waals surface area contributed by atoms with Crippen LogP contribution in [-0.2, 0) is 10.0 Å². The molecular formula is C10H11F5N2O3S. The first kappa shape index (κ1) is 17.6. The Labute approximate surface area is 116 Å². The molecule has 0 unspecified atom stereocenters. The molecule has 11 heteroatoms. The topological polar surface area (TPSA) is 83.6 Å². The number of aliphatic hydroxyl groups is 1. The van der Waals surface area contributed by atoms with Crippen LogP contribution in [0.2, 0.25) is 0 Å². The van der Waals surface area contributed by atoms with Gasteiger partial charge in [0.15, 0.2) is 5.82 Å². The Kier molecular flexibility index (Phi) is 5.12. The summed E-state index contributed by atoms with van der Waals surface area (Å²) in [6.07, 6.45) is -4.90. The maximum atomic E-state index is 13.7. The van der Waals surface area contributed by atoms with E-state index in [9.17, 15) is 30.4 Å². The van der Waals surface area contributed by atoms with E-state index in [1.165, 1.54) is 0 Å². The zero-order valence-electron chi connectivity index (χ0n) is 10.4. The standard InChI is InChI=1S/C10H11F5N2O3S/c11-6-1-2-7(8(12)9(6)16)21(19,20)17(3-4-18)5-10(13,14)15/h1-2,18H,3-5,16H2. The zero-order chi connectivity index (χ0) is 16.4. The van der Waals surface area contributed by atoms with Crippen LogP contribution >= 0.6 is 0 Å². The van der Waals surface area contributed by atoms with Gasteiger partial charge in [-0.2, -0.15) is 17.5 Å². The fourth-order valence-electron chi connectivity index (χ4n) is 1.48. The highest BCUT2D eigenvalue weighted by Crippen LogP contribution is 2.27. The molecule has 0 aliphatic rings. The lowest BCUT2D eigenvalue weighted by atomic mass is 10.3. The van der Waals surface area contributed by atoms with Crippen LogP contribution in [0.25, 0.3) is 0 Å². The van der Waals surface area contributed by atoms with E-state index in [0.717, 1.165) is 0 Å². The Morgan fingerprint density at radius 2 is 1.81 bits per heavy atom. The summed E-state index contributed by atoms with van der Waals surface area (Å²) >= 11 is 0. The third-order valence-corrected chi connectivity index (χ3v) is 4.28. The Morgan fingerprint density at radius 3 is 2.29 bits per heavy atom. The molecule has 1 aromatic rings. The number of aliphatic hydroxyl groups excluding tert-OH is 1. The van der Waals surface area contributed by atoms with Gasteiger partial charge in [0.05, 0.1) is 6.61 Å². The molecule has 3 N–H and O–H groups in total. The van der Waals surface area contributed by atoms with Gasteiger partial charge < -0.3 is 10.8 Å². The van der Waals surface area contributed by atoms with Gasteiger partial charge in [0, 0.05) is 6.54 Å². The molecule has 0 radical (unpaired) electrons. The van der Waals surface area contributed by atoms with Gasteiger partial charge in [-0.3, -0.25) is 0 Å². The van der Waals surface area contributed by atoms with E-state index in [0.29, 0.717) is 12.1 Å². The van der Waals surface area contributed by atoms with E-state index in [-0.39, 0.29) is 4.31 Å². The third kappa shape index (κ3) is 4.02. The monoisotopic (exact) mass is 334 g/mol. The number of nitrogens with two attached hydrogens (primary N) is 1. The van der Waals surface area contributed by atoms with Crippen molar-refractivity contribution in [2.45, 2.75) is 11.1 Å². The number of alkyl halides is 3. The van der Waals surface area contributed by atoms with E-state index in [1.807, 2.05) is 0 Å². The van der Waals surface area contributed by atoms with Crippen molar-refractivity contribution in [2.75, 3.05) is 25.4 Å². The van der Waals surface area contributed by atoms with Gasteiger partial charge in [0.1, 0.15) is 22.9 Å². The molecule has 0 atom stereocenters. The minimum Gasteiger partial charge on any atom is -0.395 e. The van der Waals surface area contributed by atoms with Crippen molar-refractivity contribution in [3.63, 3.8) is 0 Å². The van der Waals surface area contributed by atoms with Crippen LogP contribution in [-0.4, -0.2) is 43.7 Å². The molecule has 0 amide bonds. The van der Waals surface area contributed by atoms with E-state index >= 15 is 0 Å². The molecule has 0 spiro atoms. The van der Waals surface area contributed by atoms with Crippen LogP contribution in [0.15, 0.2) is 17.0 Å². The van der Waals surface area contributed by atoms with E-state index in [2.05, 4.69) is 0 Å². The number of sulfonamides is 1. The molecule has 0 aliphatic carbocycles.